The fourth-order valence-corrected chi connectivity index (χ4v) is 5.79. The molecule has 2 aliphatic rings. The molecular formula is C34H32N2O5. The molecule has 6 rings (SSSR count). The zero-order valence-electron chi connectivity index (χ0n) is 23.6. The maximum Gasteiger partial charge on any atom is 0.340 e. The van der Waals surface area contributed by atoms with Gasteiger partial charge in [-0.25, -0.2) is 9.59 Å². The smallest absolute Gasteiger partial charge is 0.340 e. The number of carbonyl (C=O) groups is 2. The summed E-state index contributed by atoms with van der Waals surface area (Å²) in [6.07, 6.45) is 0. The van der Waals surface area contributed by atoms with Gasteiger partial charge in [-0.1, -0.05) is 18.2 Å². The number of para-hydroxylation sites is 1. The van der Waals surface area contributed by atoms with Gasteiger partial charge in [0.25, 0.3) is 0 Å². The first-order valence-corrected chi connectivity index (χ1v) is 14.0. The second-order valence-electron chi connectivity index (χ2n) is 10.2. The van der Waals surface area contributed by atoms with Gasteiger partial charge in [0.05, 0.1) is 17.7 Å². The lowest BCUT2D eigenvalue weighted by Crippen LogP contribution is -2.33. The van der Waals surface area contributed by atoms with Crippen LogP contribution in [0, 0.1) is 6.92 Å². The number of rotatable bonds is 7. The Kier molecular flexibility index (Phi) is 6.66. The topological polar surface area (TPSA) is 77.1 Å². The van der Waals surface area contributed by atoms with Gasteiger partial charge in [-0.3, -0.25) is 0 Å². The lowest BCUT2D eigenvalue weighted by molar-refractivity contribution is 0.0224. The number of carbonyl (C=O) groups excluding carboxylic acids is 2. The molecule has 4 aromatic rings. The second kappa shape index (κ2) is 10.3. The molecule has 0 fully saturated rings. The van der Waals surface area contributed by atoms with Crippen molar-refractivity contribution in [2.75, 3.05) is 29.9 Å². The normalized spacial score (nSPS) is 16.2. The van der Waals surface area contributed by atoms with Gasteiger partial charge in [-0.15, -0.1) is 0 Å². The summed E-state index contributed by atoms with van der Waals surface area (Å²) in [5.41, 5.74) is 5.17. The maximum atomic E-state index is 13.5. The van der Waals surface area contributed by atoms with Gasteiger partial charge < -0.3 is 24.4 Å². The van der Waals surface area contributed by atoms with Crippen molar-refractivity contribution in [3.8, 4) is 11.5 Å². The average Bonchev–Trinajstić information content (AvgIpc) is 3.27. The Balaban J connectivity index is 1.60. The number of benzene rings is 4. The number of aryl methyl sites for hydroxylation is 1. The van der Waals surface area contributed by atoms with Gasteiger partial charge >= 0.3 is 11.9 Å². The third kappa shape index (κ3) is 4.29. The largest absolute Gasteiger partial charge is 0.462 e. The van der Waals surface area contributed by atoms with Gasteiger partial charge in [-0.05, 0) is 87.9 Å². The number of esters is 2. The van der Waals surface area contributed by atoms with Crippen molar-refractivity contribution >= 4 is 29.0 Å². The van der Waals surface area contributed by atoms with Crippen LogP contribution in [0.2, 0.25) is 0 Å². The highest BCUT2D eigenvalue weighted by molar-refractivity contribution is 5.99. The first-order valence-electron chi connectivity index (χ1n) is 14.0. The first kappa shape index (κ1) is 26.4. The molecule has 7 nitrogen and oxygen atoms in total. The van der Waals surface area contributed by atoms with Crippen molar-refractivity contribution < 1.29 is 23.8 Å². The van der Waals surface area contributed by atoms with Crippen molar-refractivity contribution in [3.63, 3.8) is 0 Å². The van der Waals surface area contributed by atoms with Gasteiger partial charge in [0, 0.05) is 52.9 Å². The van der Waals surface area contributed by atoms with E-state index < -0.39 is 17.5 Å². The molecule has 0 bridgehead atoms. The Morgan fingerprint density at radius 2 is 1.63 bits per heavy atom. The monoisotopic (exact) mass is 548 g/mol. The number of nitrogens with one attached hydrogen (secondary N) is 1. The number of fused-ring (bicyclic) bond motifs is 6. The van der Waals surface area contributed by atoms with Crippen molar-refractivity contribution in [2.45, 2.75) is 33.3 Å². The molecule has 7 heteroatoms. The van der Waals surface area contributed by atoms with E-state index in [4.69, 9.17) is 14.2 Å². The predicted molar refractivity (Wildman–Crippen MR) is 159 cm³/mol. The molecule has 4 aromatic carbocycles. The third-order valence-electron chi connectivity index (χ3n) is 7.83. The Hall–Kier alpha value is -4.78. The van der Waals surface area contributed by atoms with Crippen molar-refractivity contribution in [1.82, 2.24) is 0 Å². The van der Waals surface area contributed by atoms with Crippen LogP contribution < -0.4 is 15.0 Å². The van der Waals surface area contributed by atoms with Crippen molar-refractivity contribution in [2.24, 2.45) is 0 Å². The van der Waals surface area contributed by atoms with E-state index >= 15 is 0 Å². The van der Waals surface area contributed by atoms with Crippen LogP contribution in [0.4, 0.5) is 17.1 Å². The number of hydrogen-bond acceptors (Lipinski definition) is 7. The van der Waals surface area contributed by atoms with Crippen LogP contribution in [0.25, 0.3) is 0 Å². The van der Waals surface area contributed by atoms with Crippen molar-refractivity contribution in [1.29, 1.82) is 0 Å². The van der Waals surface area contributed by atoms with E-state index in [1.807, 2.05) is 67.6 Å². The standard InChI is InChI=1S/C34H32N2O5/c1-5-36(6-2)24-14-16-26-31(19-24)40-30-17-21(4)29(35-23-11-9-8-10-12-23)20-28(30)34(26)27-18-22(32(37)39-7-3)13-15-25(27)33(38)41-34/h8-20,35H,5-7H2,1-4H3. The molecule has 2 aliphatic heterocycles. The van der Waals surface area contributed by atoms with Crippen LogP contribution in [-0.2, 0) is 15.1 Å². The minimum absolute atomic E-state index is 0.248. The summed E-state index contributed by atoms with van der Waals surface area (Å²) in [5, 5.41) is 3.50. The minimum atomic E-state index is -1.32. The Morgan fingerprint density at radius 1 is 0.878 bits per heavy atom. The molecule has 208 valence electrons. The minimum Gasteiger partial charge on any atom is -0.462 e. The zero-order valence-corrected chi connectivity index (χ0v) is 23.6. The van der Waals surface area contributed by atoms with Gasteiger partial charge in [0.2, 0.25) is 0 Å². The van der Waals surface area contributed by atoms with Crippen LogP contribution in [0.3, 0.4) is 0 Å². The SMILES string of the molecule is CCOC(=O)c1ccc2c(c1)C1(OC2=O)c2ccc(N(CC)CC)cc2Oc2cc(C)c(Nc3ccccc3)cc21. The summed E-state index contributed by atoms with van der Waals surface area (Å²) in [6.45, 7) is 9.92. The summed E-state index contributed by atoms with van der Waals surface area (Å²) in [7, 11) is 0. The van der Waals surface area contributed by atoms with E-state index in [1.165, 1.54) is 0 Å². The zero-order chi connectivity index (χ0) is 28.7. The molecule has 0 aromatic heterocycles. The lowest BCUT2D eigenvalue weighted by Gasteiger charge is -2.38. The molecule has 0 radical (unpaired) electrons. The molecule has 1 atom stereocenters. The molecule has 1 spiro atoms. The average molecular weight is 549 g/mol. The maximum absolute atomic E-state index is 13.5. The fraction of sp³-hybridized carbons (Fsp3) is 0.235. The van der Waals surface area contributed by atoms with Gasteiger partial charge in [-0.2, -0.15) is 0 Å². The van der Waals surface area contributed by atoms with Crippen LogP contribution in [-0.4, -0.2) is 31.6 Å². The van der Waals surface area contributed by atoms with E-state index in [2.05, 4.69) is 24.1 Å². The molecule has 2 heterocycles. The van der Waals surface area contributed by atoms with Crippen LogP contribution in [0.15, 0.2) is 78.9 Å². The van der Waals surface area contributed by atoms with E-state index in [1.54, 1.807) is 25.1 Å². The van der Waals surface area contributed by atoms with Gasteiger partial charge in [0.15, 0.2) is 5.60 Å². The molecule has 1 unspecified atom stereocenters. The lowest BCUT2D eigenvalue weighted by atomic mass is 9.76. The number of hydrogen-bond donors (Lipinski definition) is 1. The summed E-state index contributed by atoms with van der Waals surface area (Å²) in [6, 6.07) is 24.8. The molecule has 0 amide bonds. The summed E-state index contributed by atoms with van der Waals surface area (Å²) >= 11 is 0. The van der Waals surface area contributed by atoms with E-state index in [0.717, 1.165) is 35.7 Å². The highest BCUT2D eigenvalue weighted by Gasteiger charge is 2.54. The van der Waals surface area contributed by atoms with Gasteiger partial charge in [0.1, 0.15) is 11.5 Å². The highest BCUT2D eigenvalue weighted by Crippen LogP contribution is 2.57. The molecular weight excluding hydrogens is 516 g/mol. The quantitative estimate of drug-likeness (QED) is 0.242. The Morgan fingerprint density at radius 3 is 2.37 bits per heavy atom. The summed E-state index contributed by atoms with van der Waals surface area (Å²) < 4.78 is 18.2. The Labute approximate surface area is 239 Å². The molecule has 1 N–H and O–H groups in total. The molecule has 0 saturated carbocycles. The van der Waals surface area contributed by atoms with Crippen molar-refractivity contribution in [3.05, 3.63) is 112 Å². The predicted octanol–water partition coefficient (Wildman–Crippen LogP) is 7.33. The number of nitrogens with zero attached hydrogens (tertiary/aromatic N) is 1. The first-order chi connectivity index (χ1) is 19.9. The summed E-state index contributed by atoms with van der Waals surface area (Å²) in [5.74, 6) is 0.282. The third-order valence-corrected chi connectivity index (χ3v) is 7.83. The molecule has 41 heavy (non-hydrogen) atoms. The number of ether oxygens (including phenoxy) is 3. The Bertz CT molecular complexity index is 1660. The van der Waals surface area contributed by atoms with Crippen LogP contribution in [0.1, 0.15) is 63.7 Å². The van der Waals surface area contributed by atoms with E-state index in [-0.39, 0.29) is 6.61 Å². The van der Waals surface area contributed by atoms with E-state index in [9.17, 15) is 9.59 Å². The molecule has 0 saturated heterocycles. The highest BCUT2D eigenvalue weighted by atomic mass is 16.6. The number of anilines is 3. The molecule has 0 aliphatic carbocycles. The van der Waals surface area contributed by atoms with E-state index in [0.29, 0.717) is 39.3 Å². The van der Waals surface area contributed by atoms with Crippen LogP contribution >= 0.6 is 0 Å². The summed E-state index contributed by atoms with van der Waals surface area (Å²) in [4.78, 5) is 28.5. The second-order valence-corrected chi connectivity index (χ2v) is 10.2. The fourth-order valence-electron chi connectivity index (χ4n) is 5.79. The van der Waals surface area contributed by atoms with Crippen LogP contribution in [0.5, 0.6) is 11.5 Å².